The molecule has 0 heterocycles. The molecule has 1 aromatic rings. The van der Waals surface area contributed by atoms with E-state index in [2.05, 4.69) is 159 Å². The largest absolute Gasteiger partial charge is 0.368 e. The van der Waals surface area contributed by atoms with Crippen molar-refractivity contribution in [2.24, 2.45) is 10.9 Å². The fourth-order valence-electron chi connectivity index (χ4n) is 6.01. The Morgan fingerprint density at radius 3 is 2.24 bits per heavy atom. The van der Waals surface area contributed by atoms with Gasteiger partial charge in [-0.25, -0.2) is 0 Å². The van der Waals surface area contributed by atoms with E-state index >= 15 is 0 Å². The van der Waals surface area contributed by atoms with Crippen molar-refractivity contribution in [3.05, 3.63) is 206 Å². The van der Waals surface area contributed by atoms with Crippen LogP contribution in [0.2, 0.25) is 0 Å². The third-order valence-electron chi connectivity index (χ3n) is 8.81. The molecule has 0 spiro atoms. The van der Waals surface area contributed by atoms with E-state index < -0.39 is 0 Å². The van der Waals surface area contributed by atoms with Gasteiger partial charge in [-0.05, 0) is 106 Å². The Labute approximate surface area is 309 Å². The molecule has 0 radical (unpaired) electrons. The maximum atomic E-state index is 4.99. The van der Waals surface area contributed by atoms with E-state index in [0.29, 0.717) is 5.92 Å². The second-order valence-corrected chi connectivity index (χ2v) is 12.3. The van der Waals surface area contributed by atoms with Crippen LogP contribution in [-0.4, -0.2) is 34.6 Å². The number of hydrogen-bond acceptors (Lipinski definition) is 3. The Morgan fingerprint density at radius 2 is 1.63 bits per heavy atom. The Balaban J connectivity index is 1.64. The zero-order chi connectivity index (χ0) is 36.8. The normalized spacial score (nSPS) is 19.6. The number of rotatable bonds is 18. The lowest BCUT2D eigenvalue weighted by molar-refractivity contribution is 0.382. The van der Waals surface area contributed by atoms with Crippen LogP contribution in [0.4, 0.5) is 5.69 Å². The fourth-order valence-corrected chi connectivity index (χ4v) is 6.01. The van der Waals surface area contributed by atoms with Crippen LogP contribution in [-0.2, 0) is 0 Å². The Kier molecular flexibility index (Phi) is 17.5. The molecule has 3 nitrogen and oxygen atoms in total. The molecule has 0 saturated heterocycles. The molecule has 0 fully saturated rings. The molecule has 51 heavy (non-hydrogen) atoms. The molecule has 264 valence electrons. The first-order valence-electron chi connectivity index (χ1n) is 18.0. The molecule has 0 amide bonds. The van der Waals surface area contributed by atoms with Crippen LogP contribution in [0.3, 0.4) is 0 Å². The van der Waals surface area contributed by atoms with Gasteiger partial charge < -0.3 is 9.80 Å². The van der Waals surface area contributed by atoms with E-state index in [1.54, 1.807) is 12.2 Å². The van der Waals surface area contributed by atoms with Crippen molar-refractivity contribution in [3.8, 4) is 0 Å². The SMILES string of the molecule is C=CC=CC(=C)N(C(C=C)=CC=C)C1C=CC(C2C=CC(=Nc3ccc(C(C=CCN(CC=CC=CC)C(C)=CC=CC)=CC)cc3)CC2)=CC1. The van der Waals surface area contributed by atoms with Gasteiger partial charge in [0.1, 0.15) is 0 Å². The second-order valence-electron chi connectivity index (χ2n) is 12.3. The minimum Gasteiger partial charge on any atom is -0.368 e. The van der Waals surface area contributed by atoms with Crippen molar-refractivity contribution in [3.63, 3.8) is 0 Å². The lowest BCUT2D eigenvalue weighted by Gasteiger charge is -2.34. The molecular formula is C48H57N3. The van der Waals surface area contributed by atoms with Crippen LogP contribution in [0.1, 0.15) is 52.5 Å². The Hall–Kier alpha value is -5.41. The maximum absolute atomic E-state index is 4.99. The Morgan fingerprint density at radius 1 is 0.863 bits per heavy atom. The fraction of sp³-hybridized carbons (Fsp3) is 0.229. The van der Waals surface area contributed by atoms with E-state index in [9.17, 15) is 0 Å². The highest BCUT2D eigenvalue weighted by atomic mass is 15.2. The summed E-state index contributed by atoms with van der Waals surface area (Å²) in [5, 5.41) is 0. The first kappa shape index (κ1) is 40.0. The molecule has 1 aromatic carbocycles. The second kappa shape index (κ2) is 22.3. The summed E-state index contributed by atoms with van der Waals surface area (Å²) < 4.78 is 0. The monoisotopic (exact) mass is 675 g/mol. The lowest BCUT2D eigenvalue weighted by Crippen LogP contribution is -2.32. The summed E-state index contributed by atoms with van der Waals surface area (Å²) in [6, 6.07) is 8.73. The highest BCUT2D eigenvalue weighted by Crippen LogP contribution is 2.32. The van der Waals surface area contributed by atoms with Gasteiger partial charge in [-0.3, -0.25) is 4.99 Å². The van der Waals surface area contributed by atoms with Crippen molar-refractivity contribution >= 4 is 17.0 Å². The first-order chi connectivity index (χ1) is 24.9. The van der Waals surface area contributed by atoms with Crippen LogP contribution in [0.25, 0.3) is 5.57 Å². The molecule has 2 aliphatic rings. The van der Waals surface area contributed by atoms with Gasteiger partial charge in [0.2, 0.25) is 0 Å². The molecule has 2 atom stereocenters. The first-order valence-corrected chi connectivity index (χ1v) is 18.0. The predicted octanol–water partition coefficient (Wildman–Crippen LogP) is 12.7. The van der Waals surface area contributed by atoms with E-state index in [4.69, 9.17) is 4.99 Å². The summed E-state index contributed by atoms with van der Waals surface area (Å²) in [4.78, 5) is 9.55. The molecule has 0 bridgehead atoms. The van der Waals surface area contributed by atoms with Crippen LogP contribution in [0.5, 0.6) is 0 Å². The van der Waals surface area contributed by atoms with E-state index in [0.717, 1.165) is 55.1 Å². The minimum absolute atomic E-state index is 0.144. The van der Waals surface area contributed by atoms with Gasteiger partial charge in [0, 0.05) is 41.8 Å². The highest BCUT2D eigenvalue weighted by molar-refractivity contribution is 5.97. The molecule has 0 N–H and O–H groups in total. The molecule has 3 heteroatoms. The summed E-state index contributed by atoms with van der Waals surface area (Å²) in [6.07, 6.45) is 46.9. The van der Waals surface area contributed by atoms with Crippen molar-refractivity contribution < 1.29 is 0 Å². The summed E-state index contributed by atoms with van der Waals surface area (Å²) in [6.45, 7) is 26.0. The van der Waals surface area contributed by atoms with E-state index in [1.807, 2.05) is 44.2 Å². The molecule has 2 unspecified atom stereocenters. The number of aliphatic imine (C=N–C) groups is 1. The average molecular weight is 676 g/mol. The molecule has 0 saturated carbocycles. The molecule has 0 aromatic heterocycles. The maximum Gasteiger partial charge on any atom is 0.0633 e. The molecule has 0 aliphatic heterocycles. The summed E-state index contributed by atoms with van der Waals surface area (Å²) in [5.41, 5.74) is 8.93. The quantitative estimate of drug-likeness (QED) is 0.144. The molecular weight excluding hydrogens is 619 g/mol. The van der Waals surface area contributed by atoms with Crippen LogP contribution in [0, 0.1) is 5.92 Å². The van der Waals surface area contributed by atoms with E-state index in [-0.39, 0.29) is 6.04 Å². The number of hydrogen-bond donors (Lipinski definition) is 0. The van der Waals surface area contributed by atoms with Gasteiger partial charge in [-0.15, -0.1) is 0 Å². The summed E-state index contributed by atoms with van der Waals surface area (Å²) in [5.74, 6) is 0.384. The zero-order valence-electron chi connectivity index (χ0n) is 31.3. The zero-order valence-corrected chi connectivity index (χ0v) is 31.3. The minimum atomic E-state index is 0.144. The summed E-state index contributed by atoms with van der Waals surface area (Å²) in [7, 11) is 0. The third-order valence-corrected chi connectivity index (χ3v) is 8.81. The van der Waals surface area contributed by atoms with Crippen molar-refractivity contribution in [1.29, 1.82) is 0 Å². The van der Waals surface area contributed by atoms with Crippen LogP contribution in [0.15, 0.2) is 206 Å². The Bertz CT molecular complexity index is 1720. The van der Waals surface area contributed by atoms with Gasteiger partial charge in [0.25, 0.3) is 0 Å². The van der Waals surface area contributed by atoms with Crippen molar-refractivity contribution in [1.82, 2.24) is 9.80 Å². The molecule has 3 rings (SSSR count). The van der Waals surface area contributed by atoms with Gasteiger partial charge in [-0.1, -0.05) is 136 Å². The highest BCUT2D eigenvalue weighted by Gasteiger charge is 2.23. The average Bonchev–Trinajstić information content (AvgIpc) is 3.16. The topological polar surface area (TPSA) is 18.8 Å². The van der Waals surface area contributed by atoms with Crippen LogP contribution < -0.4 is 0 Å². The van der Waals surface area contributed by atoms with Gasteiger partial charge in [0.05, 0.1) is 11.7 Å². The lowest BCUT2D eigenvalue weighted by atomic mass is 9.85. The molecule has 2 aliphatic carbocycles. The third kappa shape index (κ3) is 12.8. The standard InChI is InChI=1S/C48H57N3/c1-9-15-18-19-37-50(39(7)22-16-10-2)38-20-24-41(13-5)42-25-31-45(32-26-42)49-46-33-27-43(28-34-46)44-29-35-48(36-30-44)51(40(8)23-17-11-3)47(14-6)21-12-4/h9-27,29-33,35,43,48H,3-4,6,8,28,34,36-38H2,1-2,5,7H3. The van der Waals surface area contributed by atoms with Crippen LogP contribution >= 0.6 is 0 Å². The van der Waals surface area contributed by atoms with Gasteiger partial charge in [0.15, 0.2) is 0 Å². The van der Waals surface area contributed by atoms with Gasteiger partial charge >= 0.3 is 0 Å². The number of benzene rings is 1. The van der Waals surface area contributed by atoms with E-state index in [1.165, 1.54) is 22.4 Å². The number of allylic oxidation sites excluding steroid dienone is 20. The van der Waals surface area contributed by atoms with Crippen molar-refractivity contribution in [2.75, 3.05) is 13.1 Å². The smallest absolute Gasteiger partial charge is 0.0633 e. The van der Waals surface area contributed by atoms with Crippen molar-refractivity contribution in [2.45, 2.75) is 53.0 Å². The predicted molar refractivity (Wildman–Crippen MR) is 227 cm³/mol. The van der Waals surface area contributed by atoms with Gasteiger partial charge in [-0.2, -0.15) is 0 Å². The summed E-state index contributed by atoms with van der Waals surface area (Å²) >= 11 is 0. The number of nitrogens with zero attached hydrogens (tertiary/aromatic N) is 3.